The summed E-state index contributed by atoms with van der Waals surface area (Å²) >= 11 is 0. The van der Waals surface area contributed by atoms with Crippen molar-refractivity contribution in [2.45, 2.75) is 39.5 Å². The molecule has 0 heterocycles. The van der Waals surface area contributed by atoms with Crippen LogP contribution >= 0.6 is 0 Å². The van der Waals surface area contributed by atoms with Crippen molar-refractivity contribution in [2.24, 2.45) is 16.7 Å². The van der Waals surface area contributed by atoms with E-state index in [9.17, 15) is 9.59 Å². The summed E-state index contributed by atoms with van der Waals surface area (Å²) in [5.41, 5.74) is -0.650. The monoisotopic (exact) mass is 210 g/mol. The van der Waals surface area contributed by atoms with Crippen molar-refractivity contribution < 1.29 is 14.3 Å². The molecular formula is C12H18O3. The van der Waals surface area contributed by atoms with Gasteiger partial charge in [0, 0.05) is 6.42 Å². The van der Waals surface area contributed by atoms with Gasteiger partial charge in [-0.05, 0) is 30.6 Å². The van der Waals surface area contributed by atoms with Gasteiger partial charge < -0.3 is 4.74 Å². The summed E-state index contributed by atoms with van der Waals surface area (Å²) in [5, 5.41) is 0. The lowest BCUT2D eigenvalue weighted by Crippen LogP contribution is -2.42. The molecule has 15 heavy (non-hydrogen) atoms. The molecule has 0 radical (unpaired) electrons. The van der Waals surface area contributed by atoms with Crippen molar-refractivity contribution in [3.8, 4) is 0 Å². The average molecular weight is 210 g/mol. The number of fused-ring (bicyclic) bond motifs is 2. The van der Waals surface area contributed by atoms with Gasteiger partial charge in [-0.3, -0.25) is 9.59 Å². The molecule has 0 unspecified atom stereocenters. The van der Waals surface area contributed by atoms with Gasteiger partial charge in [0.25, 0.3) is 0 Å². The number of ether oxygens (including phenoxy) is 1. The van der Waals surface area contributed by atoms with E-state index in [1.165, 1.54) is 7.11 Å². The van der Waals surface area contributed by atoms with Crippen LogP contribution in [0.3, 0.4) is 0 Å². The third-order valence-electron chi connectivity index (χ3n) is 4.58. The second-order valence-corrected chi connectivity index (χ2v) is 5.43. The van der Waals surface area contributed by atoms with Crippen molar-refractivity contribution >= 4 is 11.8 Å². The fourth-order valence-corrected chi connectivity index (χ4v) is 3.36. The van der Waals surface area contributed by atoms with Gasteiger partial charge in [0.15, 0.2) is 0 Å². The average Bonchev–Trinajstić information content (AvgIpc) is 2.44. The van der Waals surface area contributed by atoms with Crippen LogP contribution in [-0.4, -0.2) is 18.9 Å². The van der Waals surface area contributed by atoms with E-state index in [4.69, 9.17) is 4.74 Å². The summed E-state index contributed by atoms with van der Waals surface area (Å²) in [5.74, 6) is 0.210. The standard InChI is InChI=1S/C12H18O3/c1-8-6-12(10(14)15-3)7-11(8,2)5-4-9(12)13/h8H,4-7H2,1-3H3/t8-,11+,12-/m1/s1. The molecule has 0 saturated heterocycles. The summed E-state index contributed by atoms with van der Waals surface area (Å²) in [4.78, 5) is 23.8. The normalized spacial score (nSPS) is 44.2. The number of hydrogen-bond donors (Lipinski definition) is 0. The zero-order valence-corrected chi connectivity index (χ0v) is 9.63. The summed E-state index contributed by atoms with van der Waals surface area (Å²) in [6.07, 6.45) is 2.82. The molecule has 2 saturated carbocycles. The number of hydrogen-bond acceptors (Lipinski definition) is 3. The predicted molar refractivity (Wildman–Crippen MR) is 55.2 cm³/mol. The summed E-state index contributed by atoms with van der Waals surface area (Å²) in [6, 6.07) is 0. The summed E-state index contributed by atoms with van der Waals surface area (Å²) < 4.78 is 4.81. The topological polar surface area (TPSA) is 43.4 Å². The van der Waals surface area contributed by atoms with Gasteiger partial charge in [0.2, 0.25) is 0 Å². The van der Waals surface area contributed by atoms with E-state index in [2.05, 4.69) is 13.8 Å². The molecule has 0 amide bonds. The van der Waals surface area contributed by atoms with Gasteiger partial charge in [-0.25, -0.2) is 0 Å². The molecule has 0 N–H and O–H groups in total. The molecule has 2 fully saturated rings. The van der Waals surface area contributed by atoms with Gasteiger partial charge in [-0.15, -0.1) is 0 Å². The van der Waals surface area contributed by atoms with E-state index in [1.54, 1.807) is 0 Å². The molecule has 0 spiro atoms. The molecule has 3 heteroatoms. The molecule has 0 aromatic rings. The van der Waals surface area contributed by atoms with E-state index < -0.39 is 5.41 Å². The lowest BCUT2D eigenvalue weighted by molar-refractivity contribution is -0.159. The minimum Gasteiger partial charge on any atom is -0.468 e. The highest BCUT2D eigenvalue weighted by Gasteiger charge is 2.61. The first-order valence-electron chi connectivity index (χ1n) is 5.56. The largest absolute Gasteiger partial charge is 0.468 e. The fourth-order valence-electron chi connectivity index (χ4n) is 3.36. The first kappa shape index (κ1) is 10.7. The molecule has 0 aromatic carbocycles. The van der Waals surface area contributed by atoms with Crippen LogP contribution in [0.4, 0.5) is 0 Å². The van der Waals surface area contributed by atoms with Gasteiger partial charge in [0.1, 0.15) is 11.2 Å². The van der Waals surface area contributed by atoms with Crippen molar-refractivity contribution in [1.29, 1.82) is 0 Å². The Morgan fingerprint density at radius 1 is 1.53 bits per heavy atom. The van der Waals surface area contributed by atoms with Crippen LogP contribution in [-0.2, 0) is 14.3 Å². The smallest absolute Gasteiger partial charge is 0.319 e. The quantitative estimate of drug-likeness (QED) is 0.490. The SMILES string of the molecule is COC(=O)[C@@]12C[C@@H](C)[C@@](C)(CCC1=O)C2. The Kier molecular flexibility index (Phi) is 2.18. The highest BCUT2D eigenvalue weighted by molar-refractivity contribution is 6.05. The Labute approximate surface area is 90.2 Å². The van der Waals surface area contributed by atoms with Crippen LogP contribution in [0.15, 0.2) is 0 Å². The number of methoxy groups -OCH3 is 1. The molecule has 3 nitrogen and oxygen atoms in total. The van der Waals surface area contributed by atoms with Crippen molar-refractivity contribution in [2.75, 3.05) is 7.11 Å². The molecule has 2 aliphatic carbocycles. The number of rotatable bonds is 1. The van der Waals surface area contributed by atoms with Crippen LogP contribution in [0, 0.1) is 16.7 Å². The Bertz CT molecular complexity index is 313. The Balaban J connectivity index is 2.39. The molecule has 3 atom stereocenters. The molecular weight excluding hydrogens is 192 g/mol. The molecule has 2 bridgehead atoms. The van der Waals surface area contributed by atoms with E-state index >= 15 is 0 Å². The van der Waals surface area contributed by atoms with Gasteiger partial charge in [-0.1, -0.05) is 13.8 Å². The summed E-state index contributed by atoms with van der Waals surface area (Å²) in [7, 11) is 1.37. The highest BCUT2D eigenvalue weighted by Crippen LogP contribution is 2.60. The van der Waals surface area contributed by atoms with Crippen LogP contribution < -0.4 is 0 Å². The maximum Gasteiger partial charge on any atom is 0.319 e. The molecule has 2 aliphatic rings. The third-order valence-corrected chi connectivity index (χ3v) is 4.58. The number of ketones is 1. The van der Waals surface area contributed by atoms with Crippen molar-refractivity contribution in [3.05, 3.63) is 0 Å². The first-order chi connectivity index (χ1) is 6.94. The van der Waals surface area contributed by atoms with E-state index in [0.29, 0.717) is 25.2 Å². The zero-order valence-electron chi connectivity index (χ0n) is 9.63. The second-order valence-electron chi connectivity index (χ2n) is 5.43. The van der Waals surface area contributed by atoms with Crippen LogP contribution in [0.25, 0.3) is 0 Å². The number of carbonyl (C=O) groups is 2. The minimum absolute atomic E-state index is 0.0937. The lowest BCUT2D eigenvalue weighted by Gasteiger charge is -2.35. The number of esters is 1. The molecule has 84 valence electrons. The van der Waals surface area contributed by atoms with Crippen LogP contribution in [0.1, 0.15) is 39.5 Å². The van der Waals surface area contributed by atoms with E-state index in [0.717, 1.165) is 6.42 Å². The van der Waals surface area contributed by atoms with Crippen LogP contribution in [0.2, 0.25) is 0 Å². The molecule has 2 rings (SSSR count). The zero-order chi connectivity index (χ0) is 11.3. The number of carbonyl (C=O) groups excluding carboxylic acids is 2. The van der Waals surface area contributed by atoms with Gasteiger partial charge in [0.05, 0.1) is 7.11 Å². The second kappa shape index (κ2) is 3.06. The molecule has 0 aromatic heterocycles. The van der Waals surface area contributed by atoms with Crippen molar-refractivity contribution in [3.63, 3.8) is 0 Å². The maximum absolute atomic E-state index is 12.0. The van der Waals surface area contributed by atoms with Crippen molar-refractivity contribution in [1.82, 2.24) is 0 Å². The predicted octanol–water partition coefficient (Wildman–Crippen LogP) is 1.94. The summed E-state index contributed by atoms with van der Waals surface area (Å²) in [6.45, 7) is 4.33. The minimum atomic E-state index is -0.804. The Hall–Kier alpha value is -0.860. The Morgan fingerprint density at radius 3 is 2.80 bits per heavy atom. The van der Waals surface area contributed by atoms with E-state index in [1.807, 2.05) is 0 Å². The third kappa shape index (κ3) is 1.25. The first-order valence-corrected chi connectivity index (χ1v) is 5.56. The molecule has 0 aliphatic heterocycles. The Morgan fingerprint density at radius 2 is 2.20 bits per heavy atom. The van der Waals surface area contributed by atoms with Crippen LogP contribution in [0.5, 0.6) is 0 Å². The highest BCUT2D eigenvalue weighted by atomic mass is 16.5. The van der Waals surface area contributed by atoms with E-state index in [-0.39, 0.29) is 17.2 Å². The lowest BCUT2D eigenvalue weighted by atomic mass is 9.68. The van der Waals surface area contributed by atoms with Gasteiger partial charge in [-0.2, -0.15) is 0 Å². The fraction of sp³-hybridized carbons (Fsp3) is 0.833. The van der Waals surface area contributed by atoms with Gasteiger partial charge >= 0.3 is 5.97 Å². The number of Topliss-reactive ketones (excluding diaryl/α,β-unsaturated/α-hetero) is 1. The maximum atomic E-state index is 12.0.